The largest absolute Gasteiger partial charge is 0.435 e. The number of carbonyl (C=O) groups excluding carboxylic acids is 1. The third-order valence-corrected chi connectivity index (χ3v) is 4.57. The van der Waals surface area contributed by atoms with Crippen LogP contribution in [0.25, 0.3) is 11.1 Å². The van der Waals surface area contributed by atoms with Crippen molar-refractivity contribution in [2.45, 2.75) is 32.4 Å². The number of aromatic nitrogens is 3. The fourth-order valence-corrected chi connectivity index (χ4v) is 3.27. The lowest BCUT2D eigenvalue weighted by Crippen LogP contribution is -2.47. The lowest BCUT2D eigenvalue weighted by molar-refractivity contribution is -0.120. The third kappa shape index (κ3) is 3.45. The topological polar surface area (TPSA) is 93.4 Å². The van der Waals surface area contributed by atoms with Crippen molar-refractivity contribution in [3.8, 4) is 5.75 Å². The van der Waals surface area contributed by atoms with E-state index in [0.29, 0.717) is 41.3 Å². The summed E-state index contributed by atoms with van der Waals surface area (Å²) < 4.78 is 34.1. The number of hydrogen-bond acceptors (Lipinski definition) is 7. The molecule has 3 aromatic rings. The van der Waals surface area contributed by atoms with Gasteiger partial charge in [0, 0.05) is 12.2 Å². The second kappa shape index (κ2) is 7.37. The summed E-state index contributed by atoms with van der Waals surface area (Å²) in [7, 11) is 0. The zero-order chi connectivity index (χ0) is 19.7. The second-order valence-corrected chi connectivity index (χ2v) is 6.37. The molecule has 2 aromatic heterocycles. The van der Waals surface area contributed by atoms with Crippen molar-refractivity contribution in [2.75, 3.05) is 16.8 Å². The van der Waals surface area contributed by atoms with Gasteiger partial charge in [-0.1, -0.05) is 5.16 Å². The van der Waals surface area contributed by atoms with Crippen LogP contribution in [0.2, 0.25) is 0 Å². The Morgan fingerprint density at radius 1 is 1.29 bits per heavy atom. The number of nitrogens with zero attached hydrogens (tertiary/aromatic N) is 4. The quantitative estimate of drug-likeness (QED) is 0.716. The van der Waals surface area contributed by atoms with Crippen LogP contribution in [0.15, 0.2) is 35.1 Å². The summed E-state index contributed by atoms with van der Waals surface area (Å²) in [4.78, 5) is 22.8. The molecule has 0 radical (unpaired) electrons. The first-order chi connectivity index (χ1) is 13.5. The van der Waals surface area contributed by atoms with Gasteiger partial charge in [0.25, 0.3) is 5.71 Å². The van der Waals surface area contributed by atoms with Gasteiger partial charge in [0.1, 0.15) is 29.3 Å². The smallest absolute Gasteiger partial charge is 0.387 e. The number of nitrogens with one attached hydrogen (secondary N) is 1. The summed E-state index contributed by atoms with van der Waals surface area (Å²) in [5.41, 5.74) is 1.60. The number of hydrogen-bond donors (Lipinski definition) is 1. The molecule has 1 aliphatic rings. The molecule has 146 valence electrons. The van der Waals surface area contributed by atoms with Crippen LogP contribution < -0.4 is 15.0 Å². The Kier molecular flexibility index (Phi) is 4.76. The molecule has 1 fully saturated rings. The van der Waals surface area contributed by atoms with Crippen LogP contribution in [0, 0.1) is 6.92 Å². The number of carbonyl (C=O) groups is 1. The van der Waals surface area contributed by atoms with Gasteiger partial charge in [-0.15, -0.1) is 0 Å². The average molecular weight is 389 g/mol. The Labute approximate surface area is 158 Å². The van der Waals surface area contributed by atoms with E-state index in [1.165, 1.54) is 18.5 Å². The fraction of sp³-hybridized carbons (Fsp3) is 0.333. The highest BCUT2D eigenvalue weighted by Crippen LogP contribution is 2.28. The number of anilines is 2. The number of halogens is 2. The van der Waals surface area contributed by atoms with Crippen LogP contribution in [-0.4, -0.2) is 40.2 Å². The maximum absolute atomic E-state index is 13.0. The predicted octanol–water partition coefficient (Wildman–Crippen LogP) is 3.14. The molecule has 28 heavy (non-hydrogen) atoms. The maximum Gasteiger partial charge on any atom is 0.387 e. The number of piperidine rings is 1. The van der Waals surface area contributed by atoms with Crippen LogP contribution in [0.5, 0.6) is 5.75 Å². The molecular weight excluding hydrogens is 372 g/mol. The van der Waals surface area contributed by atoms with Crippen molar-refractivity contribution in [1.82, 2.24) is 15.1 Å². The highest BCUT2D eigenvalue weighted by molar-refractivity contribution is 6.00. The number of alkyl halides is 2. The molecule has 1 aromatic carbocycles. The molecule has 1 N–H and O–H groups in total. The van der Waals surface area contributed by atoms with Gasteiger partial charge in [0.15, 0.2) is 0 Å². The Morgan fingerprint density at radius 2 is 2.07 bits per heavy atom. The average Bonchev–Trinajstić information content (AvgIpc) is 3.06. The minimum atomic E-state index is -2.89. The number of fused-ring (bicyclic) bond motifs is 1. The van der Waals surface area contributed by atoms with E-state index in [-0.39, 0.29) is 11.7 Å². The molecule has 1 amide bonds. The van der Waals surface area contributed by atoms with Crippen molar-refractivity contribution in [2.24, 2.45) is 0 Å². The molecule has 10 heteroatoms. The molecular formula is C18H17F2N5O3. The number of aryl methyl sites for hydroxylation is 1. The van der Waals surface area contributed by atoms with Crippen LogP contribution in [0.3, 0.4) is 0 Å². The van der Waals surface area contributed by atoms with E-state index in [0.717, 1.165) is 6.42 Å². The van der Waals surface area contributed by atoms with Crippen LogP contribution in [0.4, 0.5) is 20.3 Å². The van der Waals surface area contributed by atoms with Crippen molar-refractivity contribution in [3.63, 3.8) is 0 Å². The minimum Gasteiger partial charge on any atom is -0.435 e. The van der Waals surface area contributed by atoms with Crippen molar-refractivity contribution >= 4 is 28.5 Å². The fourth-order valence-electron chi connectivity index (χ4n) is 3.27. The molecule has 0 spiro atoms. The Bertz CT molecular complexity index is 993. The van der Waals surface area contributed by atoms with Crippen LogP contribution in [0.1, 0.15) is 18.5 Å². The molecule has 0 bridgehead atoms. The van der Waals surface area contributed by atoms with Gasteiger partial charge in [-0.25, -0.2) is 4.98 Å². The van der Waals surface area contributed by atoms with Crippen molar-refractivity contribution < 1.29 is 22.8 Å². The molecule has 4 rings (SSSR count). The van der Waals surface area contributed by atoms with Gasteiger partial charge in [-0.2, -0.15) is 13.8 Å². The molecule has 1 unspecified atom stereocenters. The van der Waals surface area contributed by atoms with E-state index in [4.69, 9.17) is 4.52 Å². The van der Waals surface area contributed by atoms with Crippen LogP contribution in [-0.2, 0) is 4.79 Å². The highest BCUT2D eigenvalue weighted by atomic mass is 19.3. The third-order valence-electron chi connectivity index (χ3n) is 4.57. The SMILES string of the molecule is Cc1noc2ncnc(NC3CCCN(c4ccc(OC(F)F)cc4)C3=O)c12. The molecule has 3 heterocycles. The highest BCUT2D eigenvalue weighted by Gasteiger charge is 2.30. The first-order valence-electron chi connectivity index (χ1n) is 8.72. The van der Waals surface area contributed by atoms with E-state index in [1.54, 1.807) is 24.0 Å². The van der Waals surface area contributed by atoms with E-state index in [1.807, 2.05) is 0 Å². The van der Waals surface area contributed by atoms with Gasteiger partial charge in [-0.3, -0.25) is 4.79 Å². The van der Waals surface area contributed by atoms with Gasteiger partial charge in [-0.05, 0) is 44.0 Å². The van der Waals surface area contributed by atoms with Gasteiger partial charge < -0.3 is 19.5 Å². The van der Waals surface area contributed by atoms with Crippen molar-refractivity contribution in [1.29, 1.82) is 0 Å². The van der Waals surface area contributed by atoms with E-state index in [9.17, 15) is 13.6 Å². The molecule has 1 saturated heterocycles. The van der Waals surface area contributed by atoms with Gasteiger partial charge in [0.2, 0.25) is 5.91 Å². The Balaban J connectivity index is 1.54. The Morgan fingerprint density at radius 3 is 2.82 bits per heavy atom. The molecule has 8 nitrogen and oxygen atoms in total. The first-order valence-corrected chi connectivity index (χ1v) is 8.72. The Hall–Kier alpha value is -3.30. The summed E-state index contributed by atoms with van der Waals surface area (Å²) in [6.45, 7) is -0.572. The molecule has 0 saturated carbocycles. The monoisotopic (exact) mass is 389 g/mol. The normalized spacial score (nSPS) is 17.4. The zero-order valence-electron chi connectivity index (χ0n) is 14.9. The second-order valence-electron chi connectivity index (χ2n) is 6.37. The van der Waals surface area contributed by atoms with Crippen LogP contribution >= 0.6 is 0 Å². The summed E-state index contributed by atoms with van der Waals surface area (Å²) >= 11 is 0. The first kappa shape index (κ1) is 18.1. The molecule has 0 aliphatic carbocycles. The zero-order valence-corrected chi connectivity index (χ0v) is 14.9. The summed E-state index contributed by atoms with van der Waals surface area (Å²) in [5.74, 6) is 0.406. The lowest BCUT2D eigenvalue weighted by Gasteiger charge is -2.33. The van der Waals surface area contributed by atoms with Gasteiger partial charge in [0.05, 0.1) is 5.69 Å². The number of benzene rings is 1. The maximum atomic E-state index is 13.0. The lowest BCUT2D eigenvalue weighted by atomic mass is 10.0. The number of rotatable bonds is 5. The molecule has 1 aliphatic heterocycles. The standard InChI is InChI=1S/C18H17F2N5O3/c1-10-14-15(21-9-22-16(14)28-24-10)23-13-3-2-8-25(17(13)26)11-4-6-12(7-5-11)27-18(19)20/h4-7,9,13,18H,2-3,8H2,1H3,(H,21,22,23). The van der Waals surface area contributed by atoms with Crippen molar-refractivity contribution in [3.05, 3.63) is 36.3 Å². The summed E-state index contributed by atoms with van der Waals surface area (Å²) in [5, 5.41) is 7.69. The van der Waals surface area contributed by atoms with E-state index < -0.39 is 12.7 Å². The molecule has 1 atom stereocenters. The van der Waals surface area contributed by atoms with E-state index in [2.05, 4.69) is 25.2 Å². The summed E-state index contributed by atoms with van der Waals surface area (Å²) in [6.07, 6.45) is 2.76. The van der Waals surface area contributed by atoms with E-state index >= 15 is 0 Å². The predicted molar refractivity (Wildman–Crippen MR) is 96.4 cm³/mol. The summed E-state index contributed by atoms with van der Waals surface area (Å²) in [6, 6.07) is 5.52. The minimum absolute atomic E-state index is 0.0456. The van der Waals surface area contributed by atoms with Gasteiger partial charge >= 0.3 is 6.61 Å². The number of ether oxygens (including phenoxy) is 1. The number of amides is 1.